The predicted molar refractivity (Wildman–Crippen MR) is 70.9 cm³/mol. The zero-order valence-corrected chi connectivity index (χ0v) is 11.5. The Bertz CT molecular complexity index is 518. The van der Waals surface area contributed by atoms with E-state index in [1.54, 1.807) is 13.0 Å². The van der Waals surface area contributed by atoms with Crippen LogP contribution in [0.4, 0.5) is 0 Å². The lowest BCUT2D eigenvalue weighted by Crippen LogP contribution is -2.17. The molecule has 1 aliphatic heterocycles. The molecule has 6 heteroatoms. The van der Waals surface area contributed by atoms with E-state index in [0.717, 1.165) is 0 Å². The molecule has 1 saturated heterocycles. The smallest absolute Gasteiger partial charge is 0.307 e. The number of benzene rings is 1. The normalized spacial score (nSPS) is 22.5. The maximum atomic E-state index is 11.0. The summed E-state index contributed by atoms with van der Waals surface area (Å²) in [5, 5.41) is 22.8. The highest BCUT2D eigenvalue weighted by Gasteiger charge is 2.32. The van der Waals surface area contributed by atoms with Crippen LogP contribution >= 0.6 is 11.6 Å². The van der Waals surface area contributed by atoms with E-state index < -0.39 is 11.9 Å². The van der Waals surface area contributed by atoms with E-state index in [4.69, 9.17) is 21.4 Å². The van der Waals surface area contributed by atoms with Gasteiger partial charge in [0.1, 0.15) is 0 Å². The van der Waals surface area contributed by atoms with Gasteiger partial charge in [-0.15, -0.1) is 0 Å². The third-order valence-corrected chi connectivity index (χ3v) is 3.92. The maximum Gasteiger partial charge on any atom is 0.307 e. The fraction of sp³-hybridized carbons (Fsp3) is 0.462. The molecule has 0 aliphatic carbocycles. The number of nitrogens with one attached hydrogen (secondary N) is 1. The highest BCUT2D eigenvalue weighted by molar-refractivity contribution is 6.31. The van der Waals surface area contributed by atoms with E-state index in [2.05, 4.69) is 5.32 Å². The second kappa shape index (κ2) is 5.27. The van der Waals surface area contributed by atoms with Crippen molar-refractivity contribution in [1.82, 2.24) is 5.32 Å². The Morgan fingerprint density at radius 1 is 1.58 bits per heavy atom. The molecule has 2 unspecified atom stereocenters. The number of halogens is 1. The van der Waals surface area contributed by atoms with E-state index in [1.165, 1.54) is 7.11 Å². The Balaban J connectivity index is 2.36. The minimum absolute atomic E-state index is 0.0212. The van der Waals surface area contributed by atoms with Gasteiger partial charge in [0.2, 0.25) is 0 Å². The number of phenolic OH excluding ortho intramolecular Hbond substituents is 1. The second-order valence-electron chi connectivity index (χ2n) is 4.69. The average Bonchev–Trinajstić information content (AvgIpc) is 2.84. The number of carboxylic acid groups (broad SMARTS) is 1. The van der Waals surface area contributed by atoms with Crippen LogP contribution in [-0.4, -0.2) is 29.8 Å². The van der Waals surface area contributed by atoms with Crippen molar-refractivity contribution < 1.29 is 19.7 Å². The molecule has 0 amide bonds. The van der Waals surface area contributed by atoms with Crippen molar-refractivity contribution in [2.45, 2.75) is 19.4 Å². The number of ether oxygens (including phenoxy) is 1. The van der Waals surface area contributed by atoms with Crippen molar-refractivity contribution in [3.63, 3.8) is 0 Å². The monoisotopic (exact) mass is 285 g/mol. The first-order valence-corrected chi connectivity index (χ1v) is 6.35. The van der Waals surface area contributed by atoms with Crippen LogP contribution in [0.25, 0.3) is 0 Å². The summed E-state index contributed by atoms with van der Waals surface area (Å²) in [6, 6.07) is 1.43. The molecule has 2 rings (SSSR count). The third kappa shape index (κ3) is 2.48. The molecule has 0 saturated carbocycles. The van der Waals surface area contributed by atoms with Gasteiger partial charge in [-0.2, -0.15) is 0 Å². The molecule has 19 heavy (non-hydrogen) atoms. The summed E-state index contributed by atoms with van der Waals surface area (Å²) < 4.78 is 5.15. The van der Waals surface area contributed by atoms with Gasteiger partial charge < -0.3 is 20.3 Å². The number of carboxylic acids is 1. The lowest BCUT2D eigenvalue weighted by molar-refractivity contribution is -0.141. The number of rotatable bonds is 3. The first-order valence-electron chi connectivity index (χ1n) is 5.97. The van der Waals surface area contributed by atoms with Crippen LogP contribution in [-0.2, 0) is 4.79 Å². The highest BCUT2D eigenvalue weighted by Crippen LogP contribution is 2.43. The summed E-state index contributed by atoms with van der Waals surface area (Å²) in [5.41, 5.74) is 1.24. The summed E-state index contributed by atoms with van der Waals surface area (Å²) in [6.45, 7) is 2.14. The van der Waals surface area contributed by atoms with Crippen molar-refractivity contribution in [3.8, 4) is 11.5 Å². The van der Waals surface area contributed by atoms with Gasteiger partial charge in [0.15, 0.2) is 11.5 Å². The Morgan fingerprint density at radius 2 is 2.26 bits per heavy atom. The predicted octanol–water partition coefficient (Wildman–Crippen LogP) is 2.10. The third-order valence-electron chi connectivity index (χ3n) is 3.53. The molecule has 1 aliphatic rings. The lowest BCUT2D eigenvalue weighted by Gasteiger charge is -2.17. The highest BCUT2D eigenvalue weighted by atomic mass is 35.5. The molecule has 1 fully saturated rings. The van der Waals surface area contributed by atoms with Crippen LogP contribution in [0.15, 0.2) is 6.07 Å². The molecule has 1 heterocycles. The van der Waals surface area contributed by atoms with Crippen LogP contribution < -0.4 is 10.1 Å². The SMILES string of the molecule is COc1c(C)c(Cl)cc(C2CC(C(=O)O)CN2)c1O. The average molecular weight is 286 g/mol. The number of carbonyl (C=O) groups is 1. The van der Waals surface area contributed by atoms with Crippen molar-refractivity contribution in [1.29, 1.82) is 0 Å². The van der Waals surface area contributed by atoms with Crippen molar-refractivity contribution in [2.24, 2.45) is 5.92 Å². The standard InChI is InChI=1S/C13H16ClNO4/c1-6-9(14)4-8(11(16)12(6)19-2)10-3-7(5-15-10)13(17)18/h4,7,10,15-16H,3,5H2,1-2H3,(H,17,18). The van der Waals surface area contributed by atoms with Gasteiger partial charge in [-0.1, -0.05) is 11.6 Å². The van der Waals surface area contributed by atoms with Crippen LogP contribution in [0.1, 0.15) is 23.6 Å². The Morgan fingerprint density at radius 3 is 2.79 bits per heavy atom. The molecule has 2 atom stereocenters. The summed E-state index contributed by atoms with van der Waals surface area (Å²) in [7, 11) is 1.46. The van der Waals surface area contributed by atoms with E-state index in [-0.39, 0.29) is 11.8 Å². The summed E-state index contributed by atoms with van der Waals surface area (Å²) in [4.78, 5) is 11.0. The van der Waals surface area contributed by atoms with Gasteiger partial charge in [-0.05, 0) is 19.4 Å². The number of aromatic hydroxyl groups is 1. The molecule has 3 N–H and O–H groups in total. The molecular formula is C13H16ClNO4. The van der Waals surface area contributed by atoms with Crippen molar-refractivity contribution >= 4 is 17.6 Å². The number of hydrogen-bond donors (Lipinski definition) is 3. The van der Waals surface area contributed by atoms with Gasteiger partial charge in [0.25, 0.3) is 0 Å². The molecule has 1 aromatic rings. The number of hydrogen-bond acceptors (Lipinski definition) is 4. The van der Waals surface area contributed by atoms with Crippen LogP contribution in [0.3, 0.4) is 0 Å². The topological polar surface area (TPSA) is 78.8 Å². The fourth-order valence-electron chi connectivity index (χ4n) is 2.41. The lowest BCUT2D eigenvalue weighted by atomic mass is 9.98. The largest absolute Gasteiger partial charge is 0.504 e. The van der Waals surface area contributed by atoms with E-state index in [0.29, 0.717) is 34.9 Å². The quantitative estimate of drug-likeness (QED) is 0.793. The van der Waals surface area contributed by atoms with E-state index >= 15 is 0 Å². The van der Waals surface area contributed by atoms with Gasteiger partial charge in [0.05, 0.1) is 13.0 Å². The maximum absolute atomic E-state index is 11.0. The molecule has 5 nitrogen and oxygen atoms in total. The van der Waals surface area contributed by atoms with Gasteiger partial charge >= 0.3 is 5.97 Å². The van der Waals surface area contributed by atoms with Crippen molar-refractivity contribution in [2.75, 3.05) is 13.7 Å². The molecule has 0 radical (unpaired) electrons. The number of phenols is 1. The van der Waals surface area contributed by atoms with Gasteiger partial charge in [-0.25, -0.2) is 0 Å². The fourth-order valence-corrected chi connectivity index (χ4v) is 2.61. The summed E-state index contributed by atoms with van der Waals surface area (Å²) in [6.07, 6.45) is 0.422. The molecule has 0 aromatic heterocycles. The molecule has 0 bridgehead atoms. The van der Waals surface area contributed by atoms with E-state index in [1.807, 2.05) is 0 Å². The second-order valence-corrected chi connectivity index (χ2v) is 5.09. The molecule has 0 spiro atoms. The van der Waals surface area contributed by atoms with Crippen LogP contribution in [0, 0.1) is 12.8 Å². The first-order chi connectivity index (χ1) is 8.95. The summed E-state index contributed by atoms with van der Waals surface area (Å²) >= 11 is 6.11. The zero-order chi connectivity index (χ0) is 14.2. The van der Waals surface area contributed by atoms with E-state index in [9.17, 15) is 9.90 Å². The van der Waals surface area contributed by atoms with Crippen LogP contribution in [0.5, 0.6) is 11.5 Å². The Labute approximate surface area is 116 Å². The number of aliphatic carboxylic acids is 1. The van der Waals surface area contributed by atoms with Crippen molar-refractivity contribution in [3.05, 3.63) is 22.2 Å². The molecular weight excluding hydrogens is 270 g/mol. The molecule has 1 aromatic carbocycles. The molecule has 104 valence electrons. The number of methoxy groups -OCH3 is 1. The van der Waals surface area contributed by atoms with Crippen LogP contribution in [0.2, 0.25) is 5.02 Å². The first kappa shape index (κ1) is 14.0. The van der Waals surface area contributed by atoms with Gasteiger partial charge in [0, 0.05) is 28.7 Å². The van der Waals surface area contributed by atoms with Gasteiger partial charge in [-0.3, -0.25) is 4.79 Å². The summed E-state index contributed by atoms with van der Waals surface area (Å²) in [5.74, 6) is -0.925. The zero-order valence-electron chi connectivity index (χ0n) is 10.7. The minimum atomic E-state index is -0.834. The Kier molecular flexibility index (Phi) is 3.87. The Hall–Kier alpha value is -1.46. The minimum Gasteiger partial charge on any atom is -0.504 e.